The number of rotatable bonds is 6. The number of sulfonamides is 1. The summed E-state index contributed by atoms with van der Waals surface area (Å²) in [5.41, 5.74) is 0.474. The number of ether oxygens (including phenoxy) is 1. The number of carbonyl (C=O) groups is 1. The summed E-state index contributed by atoms with van der Waals surface area (Å²) in [6, 6.07) is 10.9. The third-order valence-electron chi connectivity index (χ3n) is 3.17. The Bertz CT molecular complexity index is 870. The van der Waals surface area contributed by atoms with Gasteiger partial charge in [0.25, 0.3) is 5.91 Å². The van der Waals surface area contributed by atoms with Gasteiger partial charge in [-0.05, 0) is 58.4 Å². The molecule has 0 aliphatic rings. The summed E-state index contributed by atoms with van der Waals surface area (Å²) in [4.78, 5) is 12.1. The van der Waals surface area contributed by atoms with Crippen LogP contribution >= 0.6 is 27.5 Å². The van der Waals surface area contributed by atoms with E-state index in [0.717, 1.165) is 4.31 Å². The van der Waals surface area contributed by atoms with Crippen molar-refractivity contribution in [3.8, 4) is 5.75 Å². The van der Waals surface area contributed by atoms with Crippen LogP contribution in [0.25, 0.3) is 0 Å². The van der Waals surface area contributed by atoms with Gasteiger partial charge in [-0.25, -0.2) is 12.7 Å². The molecule has 1 N–H and O–H groups in total. The predicted octanol–water partition coefficient (Wildman–Crippen LogP) is 3.37. The fourth-order valence-corrected chi connectivity index (χ4v) is 3.55. The summed E-state index contributed by atoms with van der Waals surface area (Å²) in [5, 5.41) is 3.19. The lowest BCUT2D eigenvalue weighted by Gasteiger charge is -2.12. The van der Waals surface area contributed by atoms with Crippen LogP contribution < -0.4 is 10.1 Å². The monoisotopic (exact) mass is 446 g/mol. The molecule has 0 radical (unpaired) electrons. The summed E-state index contributed by atoms with van der Waals surface area (Å²) in [5.74, 6) is 0.122. The van der Waals surface area contributed by atoms with Crippen molar-refractivity contribution in [2.24, 2.45) is 0 Å². The third kappa shape index (κ3) is 5.18. The zero-order valence-electron chi connectivity index (χ0n) is 13.5. The van der Waals surface area contributed by atoms with Crippen LogP contribution in [0, 0.1) is 0 Å². The van der Waals surface area contributed by atoms with Gasteiger partial charge in [-0.1, -0.05) is 11.6 Å². The Kier molecular flexibility index (Phi) is 6.45. The number of hydrogen-bond donors (Lipinski definition) is 1. The Morgan fingerprint density at radius 3 is 2.40 bits per heavy atom. The molecular weight excluding hydrogens is 432 g/mol. The molecule has 0 aliphatic heterocycles. The Morgan fingerprint density at radius 1 is 1.20 bits per heavy atom. The van der Waals surface area contributed by atoms with Crippen molar-refractivity contribution in [1.29, 1.82) is 0 Å². The molecule has 134 valence electrons. The minimum absolute atomic E-state index is 0.150. The Labute approximate surface area is 159 Å². The second-order valence-corrected chi connectivity index (χ2v) is 8.67. The molecule has 0 unspecified atom stereocenters. The fraction of sp³-hybridized carbons (Fsp3) is 0.188. The van der Waals surface area contributed by atoms with Crippen LogP contribution in [0.5, 0.6) is 5.75 Å². The summed E-state index contributed by atoms with van der Waals surface area (Å²) in [6.07, 6.45) is 0. The number of nitrogens with one attached hydrogen (secondary N) is 1. The van der Waals surface area contributed by atoms with Gasteiger partial charge in [0.2, 0.25) is 10.0 Å². The molecule has 0 saturated carbocycles. The van der Waals surface area contributed by atoms with Gasteiger partial charge < -0.3 is 10.1 Å². The number of benzene rings is 2. The molecule has 0 fully saturated rings. The minimum Gasteiger partial charge on any atom is -0.483 e. The van der Waals surface area contributed by atoms with Crippen LogP contribution in [0.3, 0.4) is 0 Å². The number of hydrogen-bond acceptors (Lipinski definition) is 4. The average molecular weight is 448 g/mol. The highest BCUT2D eigenvalue weighted by Crippen LogP contribution is 2.27. The van der Waals surface area contributed by atoms with E-state index in [0.29, 0.717) is 20.9 Å². The first-order chi connectivity index (χ1) is 11.7. The molecule has 2 aromatic rings. The molecule has 0 aliphatic carbocycles. The maximum absolute atomic E-state index is 12.0. The quantitative estimate of drug-likeness (QED) is 0.737. The maximum Gasteiger partial charge on any atom is 0.262 e. The van der Waals surface area contributed by atoms with Gasteiger partial charge >= 0.3 is 0 Å². The smallest absolute Gasteiger partial charge is 0.262 e. The summed E-state index contributed by atoms with van der Waals surface area (Å²) >= 11 is 9.14. The Balaban J connectivity index is 1.97. The van der Waals surface area contributed by atoms with E-state index in [1.165, 1.54) is 38.4 Å². The van der Waals surface area contributed by atoms with E-state index in [4.69, 9.17) is 16.3 Å². The van der Waals surface area contributed by atoms with E-state index in [1.54, 1.807) is 18.2 Å². The molecule has 0 heterocycles. The number of amides is 1. The molecular formula is C16H16BrClN2O4S. The number of carbonyl (C=O) groups excluding carboxylic acids is 1. The molecule has 9 heteroatoms. The predicted molar refractivity (Wildman–Crippen MR) is 101 cm³/mol. The zero-order valence-corrected chi connectivity index (χ0v) is 16.7. The van der Waals surface area contributed by atoms with Crippen LogP contribution in [0.1, 0.15) is 0 Å². The van der Waals surface area contributed by atoms with Gasteiger partial charge in [0.05, 0.1) is 9.37 Å². The first-order valence-electron chi connectivity index (χ1n) is 7.10. The molecule has 25 heavy (non-hydrogen) atoms. The standard InChI is InChI=1S/C16H16BrClN2O4S/c1-20(2)25(22,23)13-6-4-12(5-7-13)19-16(21)10-24-15-8-3-11(18)9-14(15)17/h3-9H,10H2,1-2H3,(H,19,21). The summed E-state index contributed by atoms with van der Waals surface area (Å²) in [7, 11) is -0.586. The molecule has 1 amide bonds. The molecule has 0 atom stereocenters. The molecule has 2 rings (SSSR count). The first kappa shape index (κ1) is 19.7. The lowest BCUT2D eigenvalue weighted by molar-refractivity contribution is -0.118. The van der Waals surface area contributed by atoms with E-state index < -0.39 is 10.0 Å². The van der Waals surface area contributed by atoms with Crippen molar-refractivity contribution in [3.63, 3.8) is 0 Å². The highest BCUT2D eigenvalue weighted by molar-refractivity contribution is 9.10. The Morgan fingerprint density at radius 2 is 1.84 bits per heavy atom. The van der Waals surface area contributed by atoms with Gasteiger partial charge in [-0.2, -0.15) is 0 Å². The Hall–Kier alpha value is -1.61. The van der Waals surface area contributed by atoms with Crippen molar-refractivity contribution in [1.82, 2.24) is 4.31 Å². The molecule has 0 saturated heterocycles. The highest BCUT2D eigenvalue weighted by Gasteiger charge is 2.16. The first-order valence-corrected chi connectivity index (χ1v) is 9.71. The number of anilines is 1. The zero-order chi connectivity index (χ0) is 18.6. The summed E-state index contributed by atoms with van der Waals surface area (Å²) in [6.45, 7) is -0.196. The second kappa shape index (κ2) is 8.18. The van der Waals surface area contributed by atoms with E-state index in [2.05, 4.69) is 21.2 Å². The van der Waals surface area contributed by atoms with Crippen molar-refractivity contribution >= 4 is 49.1 Å². The lowest BCUT2D eigenvalue weighted by Crippen LogP contribution is -2.22. The molecule has 2 aromatic carbocycles. The summed E-state index contributed by atoms with van der Waals surface area (Å²) < 4.78 is 31.2. The molecule has 0 bridgehead atoms. The minimum atomic E-state index is -3.50. The van der Waals surface area contributed by atoms with Crippen LogP contribution in [0.2, 0.25) is 5.02 Å². The van der Waals surface area contributed by atoms with Crippen molar-refractivity contribution in [3.05, 3.63) is 52.0 Å². The fourth-order valence-electron chi connectivity index (χ4n) is 1.85. The molecule has 0 spiro atoms. The van der Waals surface area contributed by atoms with Crippen LogP contribution in [0.15, 0.2) is 51.8 Å². The van der Waals surface area contributed by atoms with Crippen LogP contribution in [-0.4, -0.2) is 39.3 Å². The van der Waals surface area contributed by atoms with Crippen molar-refractivity contribution < 1.29 is 17.9 Å². The largest absolute Gasteiger partial charge is 0.483 e. The van der Waals surface area contributed by atoms with Gasteiger partial charge in [0, 0.05) is 24.8 Å². The van der Waals surface area contributed by atoms with Gasteiger partial charge in [-0.15, -0.1) is 0 Å². The van der Waals surface area contributed by atoms with Crippen molar-refractivity contribution in [2.45, 2.75) is 4.90 Å². The van der Waals surface area contributed by atoms with E-state index in [-0.39, 0.29) is 17.4 Å². The number of nitrogens with zero attached hydrogens (tertiary/aromatic N) is 1. The highest BCUT2D eigenvalue weighted by atomic mass is 79.9. The van der Waals surface area contributed by atoms with Crippen LogP contribution in [-0.2, 0) is 14.8 Å². The second-order valence-electron chi connectivity index (χ2n) is 5.22. The van der Waals surface area contributed by atoms with E-state index >= 15 is 0 Å². The third-order valence-corrected chi connectivity index (χ3v) is 5.85. The maximum atomic E-state index is 12.0. The van der Waals surface area contributed by atoms with Crippen molar-refractivity contribution in [2.75, 3.05) is 26.0 Å². The topological polar surface area (TPSA) is 75.7 Å². The number of halogens is 2. The molecule has 0 aromatic heterocycles. The lowest BCUT2D eigenvalue weighted by atomic mass is 10.3. The van der Waals surface area contributed by atoms with Gasteiger partial charge in [-0.3, -0.25) is 4.79 Å². The molecule has 6 nitrogen and oxygen atoms in total. The normalized spacial score (nSPS) is 11.4. The SMILES string of the molecule is CN(C)S(=O)(=O)c1ccc(NC(=O)COc2ccc(Cl)cc2Br)cc1. The van der Waals surface area contributed by atoms with Gasteiger partial charge in [0.15, 0.2) is 6.61 Å². The van der Waals surface area contributed by atoms with Gasteiger partial charge in [0.1, 0.15) is 5.75 Å². The average Bonchev–Trinajstić information content (AvgIpc) is 2.54. The van der Waals surface area contributed by atoms with Crippen LogP contribution in [0.4, 0.5) is 5.69 Å². The van der Waals surface area contributed by atoms with E-state index in [9.17, 15) is 13.2 Å². The van der Waals surface area contributed by atoms with E-state index in [1.807, 2.05) is 0 Å².